The second kappa shape index (κ2) is 7.26. The molecule has 0 saturated heterocycles. The molecule has 0 spiro atoms. The lowest BCUT2D eigenvalue weighted by Crippen LogP contribution is -2.04. The lowest BCUT2D eigenvalue weighted by atomic mass is 10.1. The van der Waals surface area contributed by atoms with E-state index < -0.39 is 0 Å². The van der Waals surface area contributed by atoms with Gasteiger partial charge in [-0.15, -0.1) is 0 Å². The summed E-state index contributed by atoms with van der Waals surface area (Å²) in [5.74, 6) is 0.220. The quantitative estimate of drug-likeness (QED) is 0.350. The molecule has 0 aliphatic heterocycles. The highest BCUT2D eigenvalue weighted by Gasteiger charge is 2.01. The van der Waals surface area contributed by atoms with Crippen LogP contribution < -0.4 is 4.74 Å². The number of hydrogen-bond donors (Lipinski definition) is 0. The molecule has 0 N–H and O–H groups in total. The van der Waals surface area contributed by atoms with E-state index in [1.807, 2.05) is 0 Å². The van der Waals surface area contributed by atoms with Crippen LogP contribution in [0.25, 0.3) is 0 Å². The molecule has 0 unspecified atom stereocenters. The van der Waals surface area contributed by atoms with Gasteiger partial charge in [-0.3, -0.25) is 9.59 Å². The van der Waals surface area contributed by atoms with Crippen LogP contribution in [0.2, 0.25) is 0 Å². The predicted molar refractivity (Wildman–Crippen MR) is 83.0 cm³/mol. The largest absolute Gasteiger partial charge is 0.427 e. The molecule has 2 aromatic rings. The van der Waals surface area contributed by atoms with Gasteiger partial charge in [-0.05, 0) is 55.5 Å². The maximum absolute atomic E-state index is 11.2. The summed E-state index contributed by atoms with van der Waals surface area (Å²) >= 11 is 0. The third kappa shape index (κ3) is 4.34. The fourth-order valence-corrected chi connectivity index (χ4v) is 1.66. The monoisotopic (exact) mass is 296 g/mol. The highest BCUT2D eigenvalue weighted by Crippen LogP contribution is 2.21. The van der Waals surface area contributed by atoms with E-state index >= 15 is 0 Å². The molecule has 0 saturated carbocycles. The summed E-state index contributed by atoms with van der Waals surface area (Å²) in [5, 5.41) is 8.18. The second-order valence-electron chi connectivity index (χ2n) is 4.62. The van der Waals surface area contributed by atoms with Crippen molar-refractivity contribution in [1.29, 1.82) is 0 Å². The van der Waals surface area contributed by atoms with Gasteiger partial charge in [-0.25, -0.2) is 0 Å². The van der Waals surface area contributed by atoms with Crippen molar-refractivity contribution in [3.8, 4) is 5.75 Å². The Kier molecular flexibility index (Phi) is 5.14. The van der Waals surface area contributed by atoms with Crippen molar-refractivity contribution in [3.63, 3.8) is 0 Å². The standard InChI is InChI=1S/C17H16N2O3/c1-3-17(21)22-16-10-8-15(9-11-16)19-18-14-6-4-13(5-7-14)12(2)20/h4-11H,3H2,1-2H3. The molecule has 112 valence electrons. The average molecular weight is 296 g/mol. The van der Waals surface area contributed by atoms with Crippen LogP contribution in [0.15, 0.2) is 58.8 Å². The predicted octanol–water partition coefficient (Wildman–Crippen LogP) is 4.62. The SMILES string of the molecule is CCC(=O)Oc1ccc(N=Nc2ccc(C(C)=O)cc2)cc1. The zero-order chi connectivity index (χ0) is 15.9. The summed E-state index contributed by atoms with van der Waals surface area (Å²) < 4.78 is 5.07. The summed E-state index contributed by atoms with van der Waals surface area (Å²) in [6, 6.07) is 13.7. The van der Waals surface area contributed by atoms with Crippen LogP contribution in [0.4, 0.5) is 11.4 Å². The van der Waals surface area contributed by atoms with Crippen LogP contribution in [-0.4, -0.2) is 11.8 Å². The van der Waals surface area contributed by atoms with Crippen LogP contribution in [0, 0.1) is 0 Å². The van der Waals surface area contributed by atoms with Crippen LogP contribution >= 0.6 is 0 Å². The first-order valence-electron chi connectivity index (χ1n) is 6.92. The number of carbonyl (C=O) groups excluding carboxylic acids is 2. The topological polar surface area (TPSA) is 68.1 Å². The summed E-state index contributed by atoms with van der Waals surface area (Å²) in [6.45, 7) is 3.26. The first kappa shape index (κ1) is 15.6. The van der Waals surface area contributed by atoms with Crippen molar-refractivity contribution in [1.82, 2.24) is 0 Å². The zero-order valence-electron chi connectivity index (χ0n) is 12.4. The van der Waals surface area contributed by atoms with E-state index in [1.165, 1.54) is 6.92 Å². The van der Waals surface area contributed by atoms with Gasteiger partial charge in [-0.1, -0.05) is 6.92 Å². The van der Waals surface area contributed by atoms with Gasteiger partial charge < -0.3 is 4.74 Å². The van der Waals surface area contributed by atoms with E-state index in [4.69, 9.17) is 4.74 Å². The normalized spacial score (nSPS) is 10.6. The number of hydrogen-bond acceptors (Lipinski definition) is 5. The summed E-state index contributed by atoms with van der Waals surface area (Å²) in [4.78, 5) is 22.3. The molecule has 5 heteroatoms. The first-order chi connectivity index (χ1) is 10.6. The zero-order valence-corrected chi connectivity index (χ0v) is 12.4. The smallest absolute Gasteiger partial charge is 0.310 e. The Morgan fingerprint density at radius 3 is 1.86 bits per heavy atom. The number of ether oxygens (including phenoxy) is 1. The molecule has 0 aliphatic carbocycles. The van der Waals surface area contributed by atoms with Crippen LogP contribution in [0.1, 0.15) is 30.6 Å². The number of azo groups is 1. The fourth-order valence-electron chi connectivity index (χ4n) is 1.66. The van der Waals surface area contributed by atoms with E-state index in [2.05, 4.69) is 10.2 Å². The maximum atomic E-state index is 11.2. The van der Waals surface area contributed by atoms with Gasteiger partial charge >= 0.3 is 5.97 Å². The molecular formula is C17H16N2O3. The number of nitrogens with zero attached hydrogens (tertiary/aromatic N) is 2. The lowest BCUT2D eigenvalue weighted by molar-refractivity contribution is -0.134. The second-order valence-corrected chi connectivity index (χ2v) is 4.62. The van der Waals surface area contributed by atoms with Crippen molar-refractivity contribution in [2.45, 2.75) is 20.3 Å². The van der Waals surface area contributed by atoms with E-state index in [0.29, 0.717) is 29.1 Å². The average Bonchev–Trinajstić information content (AvgIpc) is 2.54. The van der Waals surface area contributed by atoms with Gasteiger partial charge in [-0.2, -0.15) is 10.2 Å². The van der Waals surface area contributed by atoms with Crippen molar-refractivity contribution in [3.05, 3.63) is 54.1 Å². The summed E-state index contributed by atoms with van der Waals surface area (Å²) in [7, 11) is 0. The molecule has 0 heterocycles. The maximum Gasteiger partial charge on any atom is 0.310 e. The molecule has 0 radical (unpaired) electrons. The highest BCUT2D eigenvalue weighted by atomic mass is 16.5. The molecule has 0 bridgehead atoms. The Labute approximate surface area is 128 Å². The molecule has 2 aromatic carbocycles. The minimum atomic E-state index is -0.278. The Hall–Kier alpha value is -2.82. The van der Waals surface area contributed by atoms with Crippen molar-refractivity contribution >= 4 is 23.1 Å². The van der Waals surface area contributed by atoms with Gasteiger partial charge in [0.25, 0.3) is 0 Å². The number of esters is 1. The molecule has 22 heavy (non-hydrogen) atoms. The Balaban J connectivity index is 2.03. The van der Waals surface area contributed by atoms with Gasteiger partial charge in [0, 0.05) is 12.0 Å². The van der Waals surface area contributed by atoms with Crippen molar-refractivity contribution < 1.29 is 14.3 Å². The van der Waals surface area contributed by atoms with E-state index in [9.17, 15) is 9.59 Å². The number of carbonyl (C=O) groups is 2. The fraction of sp³-hybridized carbons (Fsp3) is 0.176. The number of ketones is 1. The van der Waals surface area contributed by atoms with Crippen LogP contribution in [0.3, 0.4) is 0 Å². The first-order valence-corrected chi connectivity index (χ1v) is 6.92. The number of benzene rings is 2. The Morgan fingerprint density at radius 2 is 1.41 bits per heavy atom. The van der Waals surface area contributed by atoms with Gasteiger partial charge in [0.1, 0.15) is 5.75 Å². The third-order valence-corrected chi connectivity index (χ3v) is 2.91. The summed E-state index contributed by atoms with van der Waals surface area (Å²) in [6.07, 6.45) is 0.331. The van der Waals surface area contributed by atoms with Crippen LogP contribution in [-0.2, 0) is 4.79 Å². The lowest BCUT2D eigenvalue weighted by Gasteiger charge is -2.01. The molecule has 2 rings (SSSR count). The Morgan fingerprint density at radius 1 is 0.909 bits per heavy atom. The van der Waals surface area contributed by atoms with E-state index in [-0.39, 0.29) is 11.8 Å². The van der Waals surface area contributed by atoms with Gasteiger partial charge in [0.05, 0.1) is 11.4 Å². The molecule has 0 aliphatic rings. The number of rotatable bonds is 5. The van der Waals surface area contributed by atoms with Gasteiger partial charge in [0.15, 0.2) is 5.78 Å². The molecule has 0 amide bonds. The minimum absolute atomic E-state index is 0.0145. The third-order valence-electron chi connectivity index (χ3n) is 2.91. The molecule has 0 aromatic heterocycles. The molecule has 5 nitrogen and oxygen atoms in total. The van der Waals surface area contributed by atoms with E-state index in [0.717, 1.165) is 0 Å². The number of Topliss-reactive ketones (excluding diaryl/α,β-unsaturated/α-hetero) is 1. The van der Waals surface area contributed by atoms with Gasteiger partial charge in [0.2, 0.25) is 0 Å². The highest BCUT2D eigenvalue weighted by molar-refractivity contribution is 5.94. The van der Waals surface area contributed by atoms with E-state index in [1.54, 1.807) is 55.5 Å². The molecular weight excluding hydrogens is 280 g/mol. The molecule has 0 atom stereocenters. The van der Waals surface area contributed by atoms with Crippen molar-refractivity contribution in [2.24, 2.45) is 10.2 Å². The summed E-state index contributed by atoms with van der Waals surface area (Å²) in [5.41, 5.74) is 1.94. The van der Waals surface area contributed by atoms with Crippen molar-refractivity contribution in [2.75, 3.05) is 0 Å². The van der Waals surface area contributed by atoms with Crippen LogP contribution in [0.5, 0.6) is 5.75 Å². The Bertz CT molecular complexity index is 689. The molecule has 0 fully saturated rings. The minimum Gasteiger partial charge on any atom is -0.427 e.